The number of allylic oxidation sites excluding steroid dienone is 1. The van der Waals surface area contributed by atoms with Crippen molar-refractivity contribution >= 4 is 11.5 Å². The SMILES string of the molecule is CCOC(=O)C1=C(C)OC(CC)C=C1c1ccccc1. The Kier molecular flexibility index (Phi) is 4.61. The molecule has 0 aromatic heterocycles. The lowest BCUT2D eigenvalue weighted by Crippen LogP contribution is -2.20. The molecule has 0 N–H and O–H groups in total. The number of ether oxygens (including phenoxy) is 2. The maximum atomic E-state index is 12.2. The monoisotopic (exact) mass is 272 g/mol. The summed E-state index contributed by atoms with van der Waals surface area (Å²) in [5.74, 6) is 0.311. The van der Waals surface area contributed by atoms with E-state index in [-0.39, 0.29) is 12.1 Å². The van der Waals surface area contributed by atoms with Crippen LogP contribution in [0, 0.1) is 0 Å². The van der Waals surface area contributed by atoms with Crippen LogP contribution in [0.15, 0.2) is 47.7 Å². The summed E-state index contributed by atoms with van der Waals surface area (Å²) in [6, 6.07) is 9.88. The molecule has 20 heavy (non-hydrogen) atoms. The quantitative estimate of drug-likeness (QED) is 0.784. The second-order valence-corrected chi connectivity index (χ2v) is 4.66. The molecule has 1 unspecified atom stereocenters. The van der Waals surface area contributed by atoms with Gasteiger partial charge in [-0.05, 0) is 37.5 Å². The van der Waals surface area contributed by atoms with Gasteiger partial charge in [-0.25, -0.2) is 4.79 Å². The lowest BCUT2D eigenvalue weighted by atomic mass is 9.93. The zero-order chi connectivity index (χ0) is 14.5. The van der Waals surface area contributed by atoms with Gasteiger partial charge >= 0.3 is 5.97 Å². The van der Waals surface area contributed by atoms with E-state index in [1.54, 1.807) is 6.92 Å². The van der Waals surface area contributed by atoms with Crippen molar-refractivity contribution in [1.29, 1.82) is 0 Å². The maximum absolute atomic E-state index is 12.2. The molecule has 1 heterocycles. The van der Waals surface area contributed by atoms with E-state index in [0.29, 0.717) is 17.9 Å². The minimum absolute atomic E-state index is 0.00313. The van der Waals surface area contributed by atoms with Crippen LogP contribution in [0.4, 0.5) is 0 Å². The van der Waals surface area contributed by atoms with E-state index in [9.17, 15) is 4.79 Å². The molecule has 0 spiro atoms. The summed E-state index contributed by atoms with van der Waals surface area (Å²) in [5, 5.41) is 0. The Hall–Kier alpha value is -2.03. The largest absolute Gasteiger partial charge is 0.490 e. The molecule has 2 rings (SSSR count). The van der Waals surface area contributed by atoms with E-state index < -0.39 is 0 Å². The van der Waals surface area contributed by atoms with Crippen LogP contribution in [0.5, 0.6) is 0 Å². The minimum Gasteiger partial charge on any atom is -0.490 e. The van der Waals surface area contributed by atoms with Gasteiger partial charge in [-0.15, -0.1) is 0 Å². The minimum atomic E-state index is -0.324. The van der Waals surface area contributed by atoms with Crippen molar-refractivity contribution in [3.8, 4) is 0 Å². The first-order valence-corrected chi connectivity index (χ1v) is 6.99. The Bertz CT molecular complexity index is 541. The third-order valence-electron chi connectivity index (χ3n) is 3.27. The molecule has 0 bridgehead atoms. The van der Waals surface area contributed by atoms with Gasteiger partial charge in [0.1, 0.15) is 17.4 Å². The average Bonchev–Trinajstić information content (AvgIpc) is 2.47. The molecule has 3 nitrogen and oxygen atoms in total. The molecule has 0 saturated carbocycles. The number of benzene rings is 1. The average molecular weight is 272 g/mol. The van der Waals surface area contributed by atoms with Gasteiger partial charge in [0.15, 0.2) is 0 Å². The van der Waals surface area contributed by atoms with Crippen molar-refractivity contribution in [2.75, 3.05) is 6.61 Å². The number of hydrogen-bond acceptors (Lipinski definition) is 3. The number of carbonyl (C=O) groups is 1. The Morgan fingerprint density at radius 3 is 2.55 bits per heavy atom. The van der Waals surface area contributed by atoms with Gasteiger partial charge in [0, 0.05) is 0 Å². The summed E-state index contributed by atoms with van der Waals surface area (Å²) in [6.07, 6.45) is 2.88. The number of rotatable bonds is 4. The lowest BCUT2D eigenvalue weighted by molar-refractivity contribution is -0.138. The maximum Gasteiger partial charge on any atom is 0.342 e. The fourth-order valence-corrected chi connectivity index (χ4v) is 2.30. The third kappa shape index (κ3) is 2.93. The molecule has 3 heteroatoms. The highest BCUT2D eigenvalue weighted by Gasteiger charge is 2.27. The summed E-state index contributed by atoms with van der Waals surface area (Å²) >= 11 is 0. The van der Waals surface area contributed by atoms with Gasteiger partial charge in [-0.1, -0.05) is 37.3 Å². The molecule has 0 radical (unpaired) electrons. The lowest BCUT2D eigenvalue weighted by Gasteiger charge is -2.25. The van der Waals surface area contributed by atoms with Crippen molar-refractivity contribution in [3.05, 3.63) is 53.3 Å². The first-order chi connectivity index (χ1) is 9.67. The molecule has 0 saturated heterocycles. The van der Waals surface area contributed by atoms with Crippen LogP contribution in [0.3, 0.4) is 0 Å². The molecule has 1 atom stereocenters. The summed E-state index contributed by atoms with van der Waals surface area (Å²) in [5.41, 5.74) is 2.44. The molecular weight excluding hydrogens is 252 g/mol. The van der Waals surface area contributed by atoms with Gasteiger partial charge in [0.05, 0.1) is 6.61 Å². The molecule has 0 amide bonds. The van der Waals surface area contributed by atoms with Gasteiger partial charge < -0.3 is 9.47 Å². The predicted octanol–water partition coefficient (Wildman–Crippen LogP) is 3.72. The highest BCUT2D eigenvalue weighted by atomic mass is 16.5. The summed E-state index contributed by atoms with van der Waals surface area (Å²) in [7, 11) is 0. The van der Waals surface area contributed by atoms with E-state index >= 15 is 0 Å². The summed E-state index contributed by atoms with van der Waals surface area (Å²) in [6.45, 7) is 6.05. The van der Waals surface area contributed by atoms with Gasteiger partial charge in [-0.2, -0.15) is 0 Å². The van der Waals surface area contributed by atoms with Crippen molar-refractivity contribution in [3.63, 3.8) is 0 Å². The predicted molar refractivity (Wildman–Crippen MR) is 78.9 cm³/mol. The third-order valence-corrected chi connectivity index (χ3v) is 3.27. The summed E-state index contributed by atoms with van der Waals surface area (Å²) in [4.78, 5) is 12.2. The van der Waals surface area contributed by atoms with Crippen molar-refractivity contribution < 1.29 is 14.3 Å². The molecule has 1 aromatic rings. The summed E-state index contributed by atoms with van der Waals surface area (Å²) < 4.78 is 10.9. The van der Waals surface area contributed by atoms with Crippen LogP contribution >= 0.6 is 0 Å². The number of hydrogen-bond donors (Lipinski definition) is 0. The molecule has 0 fully saturated rings. The van der Waals surface area contributed by atoms with Crippen LogP contribution in [0.1, 0.15) is 32.8 Å². The van der Waals surface area contributed by atoms with E-state index in [1.807, 2.05) is 43.3 Å². The van der Waals surface area contributed by atoms with Crippen molar-refractivity contribution in [2.24, 2.45) is 0 Å². The first kappa shape index (κ1) is 14.4. The van der Waals surface area contributed by atoms with E-state index in [2.05, 4.69) is 6.92 Å². The molecule has 1 aromatic carbocycles. The fourth-order valence-electron chi connectivity index (χ4n) is 2.30. The fraction of sp³-hybridized carbons (Fsp3) is 0.353. The second-order valence-electron chi connectivity index (χ2n) is 4.66. The second kappa shape index (κ2) is 6.42. The highest BCUT2D eigenvalue weighted by molar-refractivity contribution is 6.07. The topological polar surface area (TPSA) is 35.5 Å². The molecule has 1 aliphatic heterocycles. The number of esters is 1. The highest BCUT2D eigenvalue weighted by Crippen LogP contribution is 2.33. The molecule has 1 aliphatic rings. The Morgan fingerprint density at radius 1 is 1.25 bits per heavy atom. The molecular formula is C17H20O3. The van der Waals surface area contributed by atoms with Crippen LogP contribution < -0.4 is 0 Å². The van der Waals surface area contributed by atoms with Gasteiger partial charge in [0.25, 0.3) is 0 Å². The Morgan fingerprint density at radius 2 is 1.95 bits per heavy atom. The van der Waals surface area contributed by atoms with E-state index in [1.165, 1.54) is 0 Å². The zero-order valence-electron chi connectivity index (χ0n) is 12.2. The number of carbonyl (C=O) groups excluding carboxylic acids is 1. The van der Waals surface area contributed by atoms with E-state index in [4.69, 9.17) is 9.47 Å². The first-order valence-electron chi connectivity index (χ1n) is 6.99. The molecule has 0 aliphatic carbocycles. The standard InChI is InChI=1S/C17H20O3/c1-4-14-11-15(13-9-7-6-8-10-13)16(12(3)20-14)17(18)19-5-2/h6-11,14H,4-5H2,1-3H3. The van der Waals surface area contributed by atoms with Crippen molar-refractivity contribution in [2.45, 2.75) is 33.3 Å². The van der Waals surface area contributed by atoms with Crippen LogP contribution in [-0.2, 0) is 14.3 Å². The van der Waals surface area contributed by atoms with Crippen molar-refractivity contribution in [1.82, 2.24) is 0 Å². The Balaban J connectivity index is 2.46. The molecule has 106 valence electrons. The van der Waals surface area contributed by atoms with Gasteiger partial charge in [0.2, 0.25) is 0 Å². The van der Waals surface area contributed by atoms with Crippen LogP contribution in [-0.4, -0.2) is 18.7 Å². The van der Waals surface area contributed by atoms with Gasteiger partial charge in [-0.3, -0.25) is 0 Å². The smallest absolute Gasteiger partial charge is 0.342 e. The normalized spacial score (nSPS) is 18.4. The van der Waals surface area contributed by atoms with Crippen LogP contribution in [0.2, 0.25) is 0 Å². The van der Waals surface area contributed by atoms with Crippen LogP contribution in [0.25, 0.3) is 5.57 Å². The Labute approximate surface area is 119 Å². The zero-order valence-corrected chi connectivity index (χ0v) is 12.2. The van der Waals surface area contributed by atoms with E-state index in [0.717, 1.165) is 17.6 Å².